The van der Waals surface area contributed by atoms with Gasteiger partial charge < -0.3 is 0 Å². The topological polar surface area (TPSA) is 103 Å². The summed E-state index contributed by atoms with van der Waals surface area (Å²) in [6, 6.07) is 10.5. The first-order valence-electron chi connectivity index (χ1n) is 8.11. The Morgan fingerprint density at radius 1 is 1.10 bits per heavy atom. The van der Waals surface area contributed by atoms with Crippen molar-refractivity contribution >= 4 is 35.4 Å². The number of benzene rings is 2. The predicted molar refractivity (Wildman–Crippen MR) is 95.3 cm³/mol. The highest BCUT2D eigenvalue weighted by Crippen LogP contribution is 2.32. The molecule has 1 N–H and O–H groups in total. The highest BCUT2D eigenvalue weighted by Gasteiger charge is 2.41. The van der Waals surface area contributed by atoms with E-state index in [1.54, 1.807) is 12.1 Å². The number of rotatable bonds is 3. The van der Waals surface area contributed by atoms with Crippen LogP contribution in [-0.4, -0.2) is 24.1 Å². The van der Waals surface area contributed by atoms with Crippen LogP contribution in [0.4, 0.5) is 29.3 Å². The Kier molecular flexibility index (Phi) is 5.14. The second-order valence-corrected chi connectivity index (χ2v) is 5.90. The highest BCUT2D eigenvalue weighted by atomic mass is 19.4. The van der Waals surface area contributed by atoms with Gasteiger partial charge in [-0.1, -0.05) is 18.2 Å². The van der Waals surface area contributed by atoms with Crippen LogP contribution >= 0.6 is 0 Å². The normalized spacial score (nSPS) is 17.4. The Bertz CT molecular complexity index is 1070. The Balaban J connectivity index is 1.95. The summed E-state index contributed by atoms with van der Waals surface area (Å²) in [6.45, 7) is 0. The van der Waals surface area contributed by atoms with Crippen molar-refractivity contribution in [3.05, 3.63) is 59.7 Å². The second kappa shape index (κ2) is 7.55. The molecule has 1 aliphatic rings. The molecule has 4 amide bonds. The number of hydrogen-bond acceptors (Lipinski definition) is 5. The maximum atomic E-state index is 12.9. The molecule has 1 atom stereocenters. The van der Waals surface area contributed by atoms with Gasteiger partial charge in [-0.3, -0.25) is 19.9 Å². The summed E-state index contributed by atoms with van der Waals surface area (Å²) in [5.41, 5.74) is -1.01. The van der Waals surface area contributed by atoms with E-state index < -0.39 is 35.5 Å². The largest absolute Gasteiger partial charge is 0.416 e. The zero-order chi connectivity index (χ0) is 21.2. The van der Waals surface area contributed by atoms with E-state index in [0.717, 1.165) is 24.4 Å². The molecule has 0 aromatic heterocycles. The minimum absolute atomic E-state index is 0.193. The number of alkyl halides is 3. The van der Waals surface area contributed by atoms with Crippen LogP contribution in [0.5, 0.6) is 0 Å². The number of nitriles is 1. The fourth-order valence-electron chi connectivity index (χ4n) is 2.62. The Hall–Kier alpha value is -4.00. The van der Waals surface area contributed by atoms with E-state index in [1.807, 2.05) is 11.4 Å². The summed E-state index contributed by atoms with van der Waals surface area (Å²) >= 11 is 0. The lowest BCUT2D eigenvalue weighted by Crippen LogP contribution is -2.58. The highest BCUT2D eigenvalue weighted by molar-refractivity contribution is 6.32. The van der Waals surface area contributed by atoms with E-state index in [4.69, 9.17) is 5.26 Å². The molecule has 7 nitrogen and oxygen atoms in total. The fourth-order valence-corrected chi connectivity index (χ4v) is 2.62. The first-order valence-corrected chi connectivity index (χ1v) is 8.11. The molecule has 1 aliphatic heterocycles. The first-order chi connectivity index (χ1) is 13.7. The van der Waals surface area contributed by atoms with Crippen LogP contribution in [0.1, 0.15) is 11.1 Å². The smallest absolute Gasteiger partial charge is 0.276 e. The average molecular weight is 400 g/mol. The van der Waals surface area contributed by atoms with Gasteiger partial charge >= 0.3 is 12.2 Å². The Labute approximate surface area is 162 Å². The molecule has 0 spiro atoms. The Morgan fingerprint density at radius 2 is 1.83 bits per heavy atom. The number of carbonyl (C=O) groups excluding carboxylic acids is 3. The average Bonchev–Trinajstić information content (AvgIpc) is 2.67. The van der Waals surface area contributed by atoms with Crippen molar-refractivity contribution < 1.29 is 27.6 Å². The molecule has 0 saturated carbocycles. The van der Waals surface area contributed by atoms with E-state index in [1.165, 1.54) is 12.1 Å². The quantitative estimate of drug-likeness (QED) is 0.631. The summed E-state index contributed by atoms with van der Waals surface area (Å²) in [5.74, 6) is -3.59. The van der Waals surface area contributed by atoms with Crippen LogP contribution in [-0.2, 0) is 15.8 Å². The molecule has 1 heterocycles. The van der Waals surface area contributed by atoms with Gasteiger partial charge in [0, 0.05) is 6.21 Å². The molecule has 0 unspecified atom stereocenters. The van der Waals surface area contributed by atoms with Gasteiger partial charge in [-0.2, -0.15) is 18.4 Å². The van der Waals surface area contributed by atoms with Crippen molar-refractivity contribution in [1.29, 1.82) is 5.26 Å². The zero-order valence-corrected chi connectivity index (χ0v) is 14.5. The first kappa shape index (κ1) is 19.8. The van der Waals surface area contributed by atoms with Crippen molar-refractivity contribution in [3.8, 4) is 6.07 Å². The lowest BCUT2D eigenvalue weighted by atomic mass is 10.0. The van der Waals surface area contributed by atoms with Crippen LogP contribution < -0.4 is 10.2 Å². The number of imide groups is 2. The molecule has 1 saturated heterocycles. The van der Waals surface area contributed by atoms with E-state index in [9.17, 15) is 27.6 Å². The summed E-state index contributed by atoms with van der Waals surface area (Å²) in [6.07, 6.45) is -3.73. The number of anilines is 1. The van der Waals surface area contributed by atoms with Gasteiger partial charge in [0.05, 0.1) is 22.5 Å². The SMILES string of the molecule is N#Cc1ccccc1N=C[C@H]1C(=O)NC(=O)N(c2cccc(C(F)(F)F)c2)C1=O. The van der Waals surface area contributed by atoms with Gasteiger partial charge in [0.25, 0.3) is 5.91 Å². The lowest BCUT2D eigenvalue weighted by molar-refractivity contribution is -0.138. The minimum atomic E-state index is -4.68. The maximum absolute atomic E-state index is 12.9. The molecule has 1 fully saturated rings. The molecule has 146 valence electrons. The summed E-state index contributed by atoms with van der Waals surface area (Å²) < 4.78 is 38.8. The van der Waals surface area contributed by atoms with Gasteiger partial charge in [0.15, 0.2) is 5.92 Å². The Morgan fingerprint density at radius 3 is 2.52 bits per heavy atom. The van der Waals surface area contributed by atoms with E-state index in [2.05, 4.69) is 4.99 Å². The van der Waals surface area contributed by atoms with Gasteiger partial charge in [0.2, 0.25) is 5.91 Å². The van der Waals surface area contributed by atoms with Crippen molar-refractivity contribution in [2.24, 2.45) is 10.9 Å². The molecule has 2 aromatic rings. The molecule has 0 bridgehead atoms. The number of urea groups is 1. The monoisotopic (exact) mass is 400 g/mol. The minimum Gasteiger partial charge on any atom is -0.276 e. The lowest BCUT2D eigenvalue weighted by Gasteiger charge is -2.28. The number of carbonyl (C=O) groups is 3. The third-order valence-electron chi connectivity index (χ3n) is 4.02. The van der Waals surface area contributed by atoms with E-state index >= 15 is 0 Å². The van der Waals surface area contributed by atoms with Crippen molar-refractivity contribution in [3.63, 3.8) is 0 Å². The third-order valence-corrected chi connectivity index (χ3v) is 4.02. The molecule has 29 heavy (non-hydrogen) atoms. The van der Waals surface area contributed by atoms with Gasteiger partial charge in [0.1, 0.15) is 6.07 Å². The number of barbiturate groups is 1. The predicted octanol–water partition coefficient (Wildman–Crippen LogP) is 3.18. The zero-order valence-electron chi connectivity index (χ0n) is 14.5. The van der Waals surface area contributed by atoms with Crippen LogP contribution in [0, 0.1) is 17.2 Å². The number of para-hydroxylation sites is 1. The summed E-state index contributed by atoms with van der Waals surface area (Å²) in [5, 5.41) is 11.0. The van der Waals surface area contributed by atoms with Crippen LogP contribution in [0.3, 0.4) is 0 Å². The van der Waals surface area contributed by atoms with Gasteiger partial charge in [-0.25, -0.2) is 9.69 Å². The number of amides is 4. The molecular weight excluding hydrogens is 389 g/mol. The van der Waals surface area contributed by atoms with Crippen molar-refractivity contribution in [1.82, 2.24) is 5.32 Å². The standard InChI is InChI=1S/C19H11F3N4O3/c20-19(21,22)12-5-3-6-13(8-12)26-17(28)14(16(27)25-18(26)29)10-24-15-7-2-1-4-11(15)9-23/h1-8,10,14H,(H,25,27,29)/t14-/m0/s1. The van der Waals surface area contributed by atoms with Gasteiger partial charge in [-0.15, -0.1) is 0 Å². The molecule has 10 heteroatoms. The number of hydrogen-bond donors (Lipinski definition) is 1. The maximum Gasteiger partial charge on any atom is 0.416 e. The van der Waals surface area contributed by atoms with Crippen molar-refractivity contribution in [2.45, 2.75) is 6.18 Å². The molecule has 3 rings (SSSR count). The molecule has 0 aliphatic carbocycles. The summed E-state index contributed by atoms with van der Waals surface area (Å²) in [4.78, 5) is 41.3. The van der Waals surface area contributed by atoms with E-state index in [-0.39, 0.29) is 16.9 Å². The molecule has 2 aromatic carbocycles. The molecule has 0 radical (unpaired) electrons. The molecular formula is C19H11F3N4O3. The van der Waals surface area contributed by atoms with Crippen LogP contribution in [0.2, 0.25) is 0 Å². The number of halogens is 3. The number of aliphatic imine (C=N–C) groups is 1. The second-order valence-electron chi connectivity index (χ2n) is 5.90. The van der Waals surface area contributed by atoms with Crippen LogP contribution in [0.25, 0.3) is 0 Å². The van der Waals surface area contributed by atoms with Crippen LogP contribution in [0.15, 0.2) is 53.5 Å². The number of nitrogens with one attached hydrogen (secondary N) is 1. The fraction of sp³-hybridized carbons (Fsp3) is 0.105. The van der Waals surface area contributed by atoms with Gasteiger partial charge in [-0.05, 0) is 30.3 Å². The van der Waals surface area contributed by atoms with E-state index in [0.29, 0.717) is 11.0 Å². The van der Waals surface area contributed by atoms with Crippen molar-refractivity contribution in [2.75, 3.05) is 4.90 Å². The number of nitrogens with zero attached hydrogens (tertiary/aromatic N) is 3. The summed E-state index contributed by atoms with van der Waals surface area (Å²) in [7, 11) is 0. The third kappa shape index (κ3) is 3.98.